The largest absolute Gasteiger partial charge is 0.379 e. The molecule has 1 aliphatic carbocycles. The van der Waals surface area contributed by atoms with Gasteiger partial charge in [-0.25, -0.2) is 0 Å². The zero-order valence-electron chi connectivity index (χ0n) is 14.6. The van der Waals surface area contributed by atoms with E-state index < -0.39 is 10.8 Å². The quantitative estimate of drug-likeness (QED) is 0.406. The van der Waals surface area contributed by atoms with Crippen molar-refractivity contribution in [3.05, 3.63) is 0 Å². The van der Waals surface area contributed by atoms with Crippen LogP contribution in [-0.4, -0.2) is 53.5 Å². The van der Waals surface area contributed by atoms with E-state index in [0.717, 1.165) is 57.0 Å². The molecule has 3 atom stereocenters. The van der Waals surface area contributed by atoms with Gasteiger partial charge in [-0.1, -0.05) is 13.3 Å². The van der Waals surface area contributed by atoms with Crippen LogP contribution in [0.2, 0.25) is 0 Å². The molecule has 1 aliphatic rings. The van der Waals surface area contributed by atoms with Gasteiger partial charge in [-0.2, -0.15) is 0 Å². The van der Waals surface area contributed by atoms with Gasteiger partial charge >= 0.3 is 0 Å². The molecule has 3 unspecified atom stereocenters. The maximum absolute atomic E-state index is 12.0. The molecule has 2 N–H and O–H groups in total. The van der Waals surface area contributed by atoms with Crippen molar-refractivity contribution >= 4 is 16.8 Å². The summed E-state index contributed by atoms with van der Waals surface area (Å²) < 4.78 is 17.5. The minimum atomic E-state index is -0.680. The molecule has 0 radical (unpaired) electrons. The molecule has 6 heteroatoms. The van der Waals surface area contributed by atoms with Crippen molar-refractivity contribution in [1.29, 1.82) is 0 Å². The molecule has 1 fully saturated rings. The van der Waals surface area contributed by atoms with Gasteiger partial charge in [0.05, 0.1) is 6.10 Å². The molecule has 22 heavy (non-hydrogen) atoms. The van der Waals surface area contributed by atoms with Gasteiger partial charge in [-0.05, 0) is 39.5 Å². The van der Waals surface area contributed by atoms with Crippen molar-refractivity contribution in [2.24, 2.45) is 4.99 Å². The van der Waals surface area contributed by atoms with E-state index in [9.17, 15) is 4.21 Å². The van der Waals surface area contributed by atoms with Crippen LogP contribution in [0.25, 0.3) is 0 Å². The summed E-state index contributed by atoms with van der Waals surface area (Å²) in [5.74, 6) is 1.61. The summed E-state index contributed by atoms with van der Waals surface area (Å²) in [4.78, 5) is 4.28. The molecule has 0 saturated heterocycles. The number of guanidine groups is 1. The topological polar surface area (TPSA) is 62.7 Å². The van der Waals surface area contributed by atoms with Crippen LogP contribution in [0.1, 0.15) is 52.9 Å². The zero-order valence-corrected chi connectivity index (χ0v) is 15.4. The van der Waals surface area contributed by atoms with Crippen LogP contribution in [-0.2, 0) is 15.5 Å². The van der Waals surface area contributed by atoms with E-state index >= 15 is 0 Å². The average Bonchev–Trinajstić information content (AvgIpc) is 2.52. The predicted octanol–water partition coefficient (Wildman–Crippen LogP) is 2.05. The van der Waals surface area contributed by atoms with Crippen LogP contribution in [0.4, 0.5) is 0 Å². The Balaban J connectivity index is 2.28. The van der Waals surface area contributed by atoms with Crippen molar-refractivity contribution in [3.8, 4) is 0 Å². The summed E-state index contributed by atoms with van der Waals surface area (Å²) in [6.07, 6.45) is 5.61. The highest BCUT2D eigenvalue weighted by Crippen LogP contribution is 2.22. The number of rotatable bonds is 8. The maximum atomic E-state index is 12.0. The third-order valence-electron chi connectivity index (χ3n) is 3.91. The van der Waals surface area contributed by atoms with Crippen LogP contribution in [0.15, 0.2) is 4.99 Å². The molecule has 0 aliphatic heterocycles. The van der Waals surface area contributed by atoms with Gasteiger partial charge in [0, 0.05) is 48.0 Å². The molecule has 0 aromatic rings. The lowest BCUT2D eigenvalue weighted by Crippen LogP contribution is -2.46. The van der Waals surface area contributed by atoms with Crippen molar-refractivity contribution in [3.63, 3.8) is 0 Å². The summed E-state index contributed by atoms with van der Waals surface area (Å²) in [5.41, 5.74) is 0. The van der Waals surface area contributed by atoms with Gasteiger partial charge in [0.15, 0.2) is 5.96 Å². The number of hydrogen-bond acceptors (Lipinski definition) is 3. The highest BCUT2D eigenvalue weighted by Gasteiger charge is 2.25. The lowest BCUT2D eigenvalue weighted by molar-refractivity contribution is 0.0776. The average molecular weight is 332 g/mol. The Morgan fingerprint density at radius 2 is 2.18 bits per heavy atom. The number of ether oxygens (including phenoxy) is 1. The second-order valence-electron chi connectivity index (χ2n) is 6.07. The van der Waals surface area contributed by atoms with Gasteiger partial charge < -0.3 is 15.4 Å². The molecular formula is C16H33N3O2S. The first-order valence-corrected chi connectivity index (χ1v) is 9.91. The highest BCUT2D eigenvalue weighted by molar-refractivity contribution is 7.85. The molecule has 0 heterocycles. The van der Waals surface area contributed by atoms with Gasteiger partial charge in [-0.15, -0.1) is 0 Å². The number of nitrogens with one attached hydrogen (secondary N) is 2. The van der Waals surface area contributed by atoms with Gasteiger partial charge in [-0.3, -0.25) is 9.20 Å². The minimum absolute atomic E-state index is 0.288. The SMILES string of the molecule is CCS(=O)C1CCCC(NC(=NC)NCCCOC(C)C)C1. The highest BCUT2D eigenvalue weighted by atomic mass is 32.2. The van der Waals surface area contributed by atoms with E-state index in [1.165, 1.54) is 0 Å². The molecule has 0 bridgehead atoms. The summed E-state index contributed by atoms with van der Waals surface area (Å²) in [6.45, 7) is 7.72. The molecule has 0 aromatic heterocycles. The summed E-state index contributed by atoms with van der Waals surface area (Å²) >= 11 is 0. The Morgan fingerprint density at radius 1 is 1.41 bits per heavy atom. The van der Waals surface area contributed by atoms with E-state index in [4.69, 9.17) is 4.74 Å². The molecule has 1 rings (SSSR count). The fourth-order valence-corrected chi connectivity index (χ4v) is 4.08. The summed E-state index contributed by atoms with van der Waals surface area (Å²) in [7, 11) is 1.12. The summed E-state index contributed by atoms with van der Waals surface area (Å²) in [5, 5.41) is 7.15. The first kappa shape index (κ1) is 19.4. The van der Waals surface area contributed by atoms with E-state index in [2.05, 4.69) is 15.6 Å². The zero-order chi connectivity index (χ0) is 16.4. The third kappa shape index (κ3) is 7.58. The Labute approximate surface area is 138 Å². The van der Waals surface area contributed by atoms with Crippen LogP contribution >= 0.6 is 0 Å². The molecule has 0 amide bonds. The minimum Gasteiger partial charge on any atom is -0.379 e. The van der Waals surface area contributed by atoms with E-state index in [1.807, 2.05) is 20.8 Å². The molecule has 130 valence electrons. The first-order valence-electron chi connectivity index (χ1n) is 8.52. The number of hydrogen-bond donors (Lipinski definition) is 2. The predicted molar refractivity (Wildman–Crippen MR) is 94.9 cm³/mol. The second kappa shape index (κ2) is 11.0. The van der Waals surface area contributed by atoms with Crippen molar-refractivity contribution in [1.82, 2.24) is 10.6 Å². The van der Waals surface area contributed by atoms with E-state index in [1.54, 1.807) is 7.05 Å². The van der Waals surface area contributed by atoms with Crippen molar-refractivity contribution < 1.29 is 8.95 Å². The monoisotopic (exact) mass is 331 g/mol. The molecule has 5 nitrogen and oxygen atoms in total. The smallest absolute Gasteiger partial charge is 0.191 e. The molecule has 0 aromatic carbocycles. The van der Waals surface area contributed by atoms with E-state index in [-0.39, 0.29) is 6.10 Å². The van der Waals surface area contributed by atoms with Crippen LogP contribution in [0, 0.1) is 0 Å². The standard InChI is InChI=1S/C16H33N3O2S/c1-5-22(20)15-9-6-8-14(12-15)19-16(17-4)18-10-7-11-21-13(2)3/h13-15H,5-12H2,1-4H3,(H2,17,18,19). The fraction of sp³-hybridized carbons (Fsp3) is 0.938. The van der Waals surface area contributed by atoms with Crippen LogP contribution in [0.3, 0.4) is 0 Å². The van der Waals surface area contributed by atoms with E-state index in [0.29, 0.717) is 11.3 Å². The van der Waals surface area contributed by atoms with Gasteiger partial charge in [0.1, 0.15) is 0 Å². The molecular weight excluding hydrogens is 298 g/mol. The number of aliphatic imine (C=N–C) groups is 1. The Kier molecular flexibility index (Phi) is 9.71. The second-order valence-corrected chi connectivity index (χ2v) is 8.08. The van der Waals surface area contributed by atoms with Crippen molar-refractivity contribution in [2.45, 2.75) is 70.3 Å². The van der Waals surface area contributed by atoms with Crippen LogP contribution in [0.5, 0.6) is 0 Å². The normalized spacial score (nSPS) is 24.3. The lowest BCUT2D eigenvalue weighted by atomic mass is 9.95. The Hall–Kier alpha value is -0.620. The summed E-state index contributed by atoms with van der Waals surface area (Å²) in [6, 6.07) is 0.382. The third-order valence-corrected chi connectivity index (χ3v) is 5.65. The van der Waals surface area contributed by atoms with Gasteiger partial charge in [0.2, 0.25) is 0 Å². The van der Waals surface area contributed by atoms with Crippen molar-refractivity contribution in [2.75, 3.05) is 26.0 Å². The number of nitrogens with zero attached hydrogens (tertiary/aromatic N) is 1. The first-order chi connectivity index (χ1) is 10.6. The fourth-order valence-electron chi connectivity index (χ4n) is 2.74. The Morgan fingerprint density at radius 3 is 2.82 bits per heavy atom. The maximum Gasteiger partial charge on any atom is 0.191 e. The van der Waals surface area contributed by atoms with Crippen LogP contribution < -0.4 is 10.6 Å². The van der Waals surface area contributed by atoms with Gasteiger partial charge in [0.25, 0.3) is 0 Å². The Bertz CT molecular complexity index is 361. The lowest BCUT2D eigenvalue weighted by Gasteiger charge is -2.30. The molecule has 0 spiro atoms. The molecule has 1 saturated carbocycles.